The maximum absolute atomic E-state index is 12.5. The van der Waals surface area contributed by atoms with E-state index in [1.54, 1.807) is 68.8 Å². The molecular weight excluding hydrogens is 586 g/mol. The van der Waals surface area contributed by atoms with E-state index in [0.29, 0.717) is 33.8 Å². The highest BCUT2D eigenvalue weighted by atomic mass is 79.9. The largest absolute Gasteiger partial charge is 0.493 e. The number of imide groups is 1. The molecule has 0 spiro atoms. The van der Waals surface area contributed by atoms with Gasteiger partial charge in [-0.1, -0.05) is 37.9 Å². The summed E-state index contributed by atoms with van der Waals surface area (Å²) < 4.78 is 16.4. The van der Waals surface area contributed by atoms with E-state index in [2.05, 4.69) is 36.6 Å². The number of halogens is 2. The molecule has 5 rings (SSSR count). The number of nitrogens with zero attached hydrogens (tertiary/aromatic N) is 1. The topological polar surface area (TPSA) is 99.2 Å². The Balaban J connectivity index is 0.000000201. The van der Waals surface area contributed by atoms with Gasteiger partial charge in [0.15, 0.2) is 11.5 Å². The van der Waals surface area contributed by atoms with Gasteiger partial charge in [-0.2, -0.15) is 0 Å². The molecule has 178 valence electrons. The molecule has 0 saturated carbocycles. The Morgan fingerprint density at radius 1 is 0.686 bits per heavy atom. The fourth-order valence-electron chi connectivity index (χ4n) is 3.63. The first-order chi connectivity index (χ1) is 16.7. The van der Waals surface area contributed by atoms with Crippen molar-refractivity contribution in [1.82, 2.24) is 4.90 Å². The predicted molar refractivity (Wildman–Crippen MR) is 132 cm³/mol. The molecule has 0 radical (unpaired) electrons. The summed E-state index contributed by atoms with van der Waals surface area (Å²) in [5, 5.41) is 0. The molecule has 2 aliphatic heterocycles. The molecule has 0 aliphatic carbocycles. The third-order valence-electron chi connectivity index (χ3n) is 5.33. The number of hydrogen-bond donors (Lipinski definition) is 0. The summed E-state index contributed by atoms with van der Waals surface area (Å²) in [7, 11) is 3.10. The van der Waals surface area contributed by atoms with Gasteiger partial charge in [-0.25, -0.2) is 9.59 Å². The van der Waals surface area contributed by atoms with E-state index < -0.39 is 11.9 Å². The van der Waals surface area contributed by atoms with Crippen LogP contribution in [0.2, 0.25) is 0 Å². The lowest BCUT2D eigenvalue weighted by Crippen LogP contribution is -2.29. The first-order valence-corrected chi connectivity index (χ1v) is 11.7. The zero-order chi connectivity index (χ0) is 25.3. The fraction of sp³-hybridized carbons (Fsp3) is 0.120. The molecule has 0 saturated heterocycles. The number of ether oxygens (including phenoxy) is 3. The third-order valence-corrected chi connectivity index (χ3v) is 6.31. The summed E-state index contributed by atoms with van der Waals surface area (Å²) in [5.41, 5.74) is 2.30. The summed E-state index contributed by atoms with van der Waals surface area (Å²) in [6.07, 6.45) is 0. The van der Waals surface area contributed by atoms with Crippen molar-refractivity contribution in [3.05, 3.63) is 91.4 Å². The number of rotatable bonds is 4. The third kappa shape index (κ3) is 4.85. The molecule has 0 unspecified atom stereocenters. The van der Waals surface area contributed by atoms with Crippen molar-refractivity contribution in [3.8, 4) is 11.5 Å². The average Bonchev–Trinajstić information content (AvgIpc) is 3.25. The molecule has 3 aromatic rings. The van der Waals surface area contributed by atoms with Gasteiger partial charge in [0, 0.05) is 8.95 Å². The van der Waals surface area contributed by atoms with E-state index in [1.807, 2.05) is 0 Å². The van der Waals surface area contributed by atoms with Gasteiger partial charge in [-0.3, -0.25) is 14.5 Å². The maximum atomic E-state index is 12.5. The number of methoxy groups -OCH3 is 2. The normalized spacial score (nSPS) is 13.7. The summed E-state index contributed by atoms with van der Waals surface area (Å²) in [4.78, 5) is 48.0. The molecule has 0 N–H and O–H groups in total. The summed E-state index contributed by atoms with van der Waals surface area (Å²) in [6.45, 7) is 0.185. The standard InChI is InChI=1S/C17H14BrNO4.C8H3BrO3/c1-22-14-6-3-10(7-15(14)23-2)9-19-16(20)12-5-4-11(18)8-13(12)17(19)21;9-4-1-2-5-6(3-4)8(11)12-7(5)10/h3-8H,9H2,1-2H3;1-3H. The lowest BCUT2D eigenvalue weighted by Gasteiger charge is -2.15. The number of carbonyl (C=O) groups is 4. The number of amides is 2. The Morgan fingerprint density at radius 2 is 1.26 bits per heavy atom. The smallest absolute Gasteiger partial charge is 0.346 e. The van der Waals surface area contributed by atoms with E-state index in [0.717, 1.165) is 14.5 Å². The molecule has 10 heteroatoms. The molecule has 8 nitrogen and oxygen atoms in total. The molecule has 3 aromatic carbocycles. The van der Waals surface area contributed by atoms with Gasteiger partial charge in [-0.15, -0.1) is 0 Å². The van der Waals surface area contributed by atoms with Crippen LogP contribution in [0.4, 0.5) is 0 Å². The van der Waals surface area contributed by atoms with Gasteiger partial charge in [0.1, 0.15) is 0 Å². The molecule has 2 aliphatic rings. The Hall–Kier alpha value is -3.50. The second kappa shape index (κ2) is 10.0. The second-order valence-corrected chi connectivity index (χ2v) is 9.27. The highest BCUT2D eigenvalue weighted by Gasteiger charge is 2.35. The van der Waals surface area contributed by atoms with Gasteiger partial charge in [-0.05, 0) is 54.1 Å². The number of benzene rings is 3. The van der Waals surface area contributed by atoms with Crippen LogP contribution in [-0.2, 0) is 11.3 Å². The van der Waals surface area contributed by atoms with Crippen molar-refractivity contribution in [1.29, 1.82) is 0 Å². The van der Waals surface area contributed by atoms with Crippen LogP contribution in [0.3, 0.4) is 0 Å². The van der Waals surface area contributed by atoms with Crippen molar-refractivity contribution in [2.75, 3.05) is 14.2 Å². The van der Waals surface area contributed by atoms with Crippen molar-refractivity contribution in [2.45, 2.75) is 6.54 Å². The lowest BCUT2D eigenvalue weighted by atomic mass is 10.1. The number of hydrogen-bond acceptors (Lipinski definition) is 7. The number of esters is 2. The van der Waals surface area contributed by atoms with E-state index in [-0.39, 0.29) is 18.4 Å². The Bertz CT molecular complexity index is 1390. The van der Waals surface area contributed by atoms with Crippen LogP contribution >= 0.6 is 31.9 Å². The summed E-state index contributed by atoms with van der Waals surface area (Å²) in [5.74, 6) is -0.556. The molecule has 0 aromatic heterocycles. The minimum Gasteiger partial charge on any atom is -0.493 e. The van der Waals surface area contributed by atoms with Crippen LogP contribution < -0.4 is 9.47 Å². The predicted octanol–water partition coefficient (Wildman–Crippen LogP) is 5.02. The van der Waals surface area contributed by atoms with Crippen LogP contribution in [0.5, 0.6) is 11.5 Å². The van der Waals surface area contributed by atoms with Crippen LogP contribution in [0, 0.1) is 0 Å². The van der Waals surface area contributed by atoms with Gasteiger partial charge in [0.05, 0.1) is 43.0 Å². The van der Waals surface area contributed by atoms with E-state index >= 15 is 0 Å². The van der Waals surface area contributed by atoms with Crippen LogP contribution in [0.25, 0.3) is 0 Å². The van der Waals surface area contributed by atoms with Gasteiger partial charge in [0.25, 0.3) is 11.8 Å². The highest BCUT2D eigenvalue weighted by molar-refractivity contribution is 9.10. The average molecular weight is 603 g/mol. The highest BCUT2D eigenvalue weighted by Crippen LogP contribution is 2.31. The Morgan fingerprint density at radius 3 is 1.91 bits per heavy atom. The second-order valence-electron chi connectivity index (χ2n) is 7.44. The minimum atomic E-state index is -0.573. The monoisotopic (exact) mass is 601 g/mol. The lowest BCUT2D eigenvalue weighted by molar-refractivity contribution is 0.0442. The van der Waals surface area contributed by atoms with Crippen molar-refractivity contribution >= 4 is 55.6 Å². The zero-order valence-corrected chi connectivity index (χ0v) is 21.6. The molecule has 0 atom stereocenters. The van der Waals surface area contributed by atoms with Gasteiger partial charge >= 0.3 is 11.9 Å². The van der Waals surface area contributed by atoms with E-state index in [4.69, 9.17) is 9.47 Å². The SMILES string of the molecule is COc1ccc(CN2C(=O)c3ccc(Br)cc3C2=O)cc1OC.O=C1OC(=O)c2cc(Br)ccc21. The molecule has 2 heterocycles. The maximum Gasteiger partial charge on any atom is 0.346 e. The van der Waals surface area contributed by atoms with Gasteiger partial charge < -0.3 is 14.2 Å². The minimum absolute atomic E-state index is 0.185. The number of fused-ring (bicyclic) bond motifs is 2. The Labute approximate surface area is 217 Å². The fourth-order valence-corrected chi connectivity index (χ4v) is 4.35. The number of cyclic esters (lactones) is 2. The van der Waals surface area contributed by atoms with Crippen molar-refractivity contribution in [3.63, 3.8) is 0 Å². The quantitative estimate of drug-likeness (QED) is 0.235. The van der Waals surface area contributed by atoms with Crippen LogP contribution in [0.15, 0.2) is 63.5 Å². The van der Waals surface area contributed by atoms with Crippen molar-refractivity contribution in [2.24, 2.45) is 0 Å². The molecule has 0 bridgehead atoms. The van der Waals surface area contributed by atoms with Crippen LogP contribution in [-0.4, -0.2) is 42.9 Å². The molecule has 35 heavy (non-hydrogen) atoms. The summed E-state index contributed by atoms with van der Waals surface area (Å²) in [6, 6.07) is 15.2. The van der Waals surface area contributed by atoms with Crippen molar-refractivity contribution < 1.29 is 33.4 Å². The first-order valence-electron chi connectivity index (χ1n) is 10.2. The number of carbonyl (C=O) groups excluding carboxylic acids is 4. The van der Waals surface area contributed by atoms with E-state index in [9.17, 15) is 19.2 Å². The first kappa shape index (κ1) is 24.6. The summed E-state index contributed by atoms with van der Waals surface area (Å²) >= 11 is 6.51. The van der Waals surface area contributed by atoms with Gasteiger partial charge in [0.2, 0.25) is 0 Å². The van der Waals surface area contributed by atoms with Crippen LogP contribution in [0.1, 0.15) is 47.0 Å². The zero-order valence-electron chi connectivity index (χ0n) is 18.5. The molecular formula is C25H17Br2NO7. The molecule has 2 amide bonds. The Kier molecular flexibility index (Phi) is 7.04. The molecule has 0 fully saturated rings. The van der Waals surface area contributed by atoms with E-state index in [1.165, 1.54) is 4.90 Å².